The molecule has 0 bridgehead atoms. The van der Waals surface area contributed by atoms with E-state index >= 15 is 0 Å². The van der Waals surface area contributed by atoms with Crippen LogP contribution in [0.25, 0.3) is 0 Å². The van der Waals surface area contributed by atoms with Crippen molar-refractivity contribution in [3.63, 3.8) is 0 Å². The molecule has 0 aliphatic rings. The molecule has 0 atom stereocenters. The molecule has 0 saturated heterocycles. The minimum absolute atomic E-state index is 0.166. The van der Waals surface area contributed by atoms with Crippen LogP contribution in [0.3, 0.4) is 0 Å². The van der Waals surface area contributed by atoms with Gasteiger partial charge in [0.1, 0.15) is 0 Å². The Balaban J connectivity index is 2.20. The molecule has 0 fully saturated rings. The lowest BCUT2D eigenvalue weighted by atomic mass is 10.1. The van der Waals surface area contributed by atoms with Crippen molar-refractivity contribution in [3.8, 4) is 0 Å². The number of benzene rings is 1. The van der Waals surface area contributed by atoms with Crippen LogP contribution < -0.4 is 4.57 Å². The second-order valence-electron chi connectivity index (χ2n) is 4.27. The lowest BCUT2D eigenvalue weighted by molar-refractivity contribution is -0.689. The minimum atomic E-state index is 0.166. The normalized spacial score (nSPS) is 10.5. The van der Waals surface area contributed by atoms with Crippen LogP contribution in [-0.2, 0) is 6.54 Å². The SMILES string of the molecule is Cc1ccc(C(=O)C[n+]2c(C)csc2C)cc1. The summed E-state index contributed by atoms with van der Waals surface area (Å²) in [7, 11) is 0. The number of carbonyl (C=O) groups excluding carboxylic acids is 1. The van der Waals surface area contributed by atoms with Gasteiger partial charge in [-0.05, 0) is 6.92 Å². The van der Waals surface area contributed by atoms with Gasteiger partial charge in [-0.1, -0.05) is 41.2 Å². The highest BCUT2D eigenvalue weighted by atomic mass is 32.1. The fourth-order valence-electron chi connectivity index (χ4n) is 1.76. The molecule has 0 radical (unpaired) electrons. The Labute approximate surface area is 106 Å². The Bertz CT molecular complexity index is 520. The van der Waals surface area contributed by atoms with Gasteiger partial charge in [0.15, 0.2) is 5.69 Å². The summed E-state index contributed by atoms with van der Waals surface area (Å²) in [5.74, 6) is 0.166. The number of aryl methyl sites for hydroxylation is 3. The van der Waals surface area contributed by atoms with Crippen LogP contribution in [0.2, 0.25) is 0 Å². The maximum absolute atomic E-state index is 12.1. The summed E-state index contributed by atoms with van der Waals surface area (Å²) in [6.45, 7) is 6.53. The van der Waals surface area contributed by atoms with Crippen LogP contribution in [0.5, 0.6) is 0 Å². The molecule has 1 aromatic heterocycles. The molecule has 0 aliphatic carbocycles. The predicted molar refractivity (Wildman–Crippen MR) is 69.5 cm³/mol. The highest BCUT2D eigenvalue weighted by Crippen LogP contribution is 2.08. The summed E-state index contributed by atoms with van der Waals surface area (Å²) in [6, 6.07) is 7.75. The molecule has 17 heavy (non-hydrogen) atoms. The highest BCUT2D eigenvalue weighted by Gasteiger charge is 2.18. The molecule has 0 unspecified atom stereocenters. The Hall–Kier alpha value is -1.48. The number of aromatic nitrogens is 1. The first-order chi connectivity index (χ1) is 8.08. The van der Waals surface area contributed by atoms with Gasteiger partial charge in [0, 0.05) is 19.4 Å². The topological polar surface area (TPSA) is 20.9 Å². The number of Topliss-reactive ketones (excluding diaryl/α,β-unsaturated/α-hetero) is 1. The van der Waals surface area contributed by atoms with E-state index in [4.69, 9.17) is 0 Å². The first-order valence-corrected chi connectivity index (χ1v) is 6.50. The van der Waals surface area contributed by atoms with Crippen molar-refractivity contribution in [1.82, 2.24) is 0 Å². The van der Waals surface area contributed by atoms with E-state index in [0.717, 1.165) is 11.3 Å². The summed E-state index contributed by atoms with van der Waals surface area (Å²) < 4.78 is 2.06. The van der Waals surface area contributed by atoms with Crippen molar-refractivity contribution in [2.75, 3.05) is 0 Å². The summed E-state index contributed by atoms with van der Waals surface area (Å²) in [5, 5.41) is 3.25. The fraction of sp³-hybridized carbons (Fsp3) is 0.286. The van der Waals surface area contributed by atoms with Crippen LogP contribution in [0.4, 0.5) is 0 Å². The van der Waals surface area contributed by atoms with Gasteiger partial charge in [-0.15, -0.1) is 0 Å². The van der Waals surface area contributed by atoms with Gasteiger partial charge in [-0.2, -0.15) is 4.57 Å². The molecule has 88 valence electrons. The third-order valence-corrected chi connectivity index (χ3v) is 3.90. The van der Waals surface area contributed by atoms with E-state index in [1.807, 2.05) is 45.0 Å². The second kappa shape index (κ2) is 4.80. The number of carbonyl (C=O) groups is 1. The zero-order valence-corrected chi connectivity index (χ0v) is 11.2. The van der Waals surface area contributed by atoms with Crippen LogP contribution in [0, 0.1) is 20.8 Å². The summed E-state index contributed by atoms with van der Waals surface area (Å²) in [4.78, 5) is 12.1. The first kappa shape index (κ1) is 12.0. The third-order valence-electron chi connectivity index (χ3n) is 2.88. The van der Waals surface area contributed by atoms with Gasteiger partial charge in [-0.25, -0.2) is 0 Å². The van der Waals surface area contributed by atoms with E-state index in [9.17, 15) is 4.79 Å². The summed E-state index contributed by atoms with van der Waals surface area (Å²) in [6.07, 6.45) is 0. The molecule has 0 N–H and O–H groups in total. The highest BCUT2D eigenvalue weighted by molar-refractivity contribution is 7.09. The fourth-order valence-corrected chi connectivity index (χ4v) is 2.56. The zero-order valence-electron chi connectivity index (χ0n) is 10.4. The monoisotopic (exact) mass is 246 g/mol. The van der Waals surface area contributed by atoms with E-state index in [1.165, 1.54) is 10.6 Å². The maximum Gasteiger partial charge on any atom is 0.234 e. The molecule has 2 aromatic rings. The van der Waals surface area contributed by atoms with Crippen LogP contribution in [0.15, 0.2) is 29.6 Å². The number of hydrogen-bond donors (Lipinski definition) is 0. The largest absolute Gasteiger partial charge is 0.287 e. The van der Waals surface area contributed by atoms with Gasteiger partial charge < -0.3 is 0 Å². The maximum atomic E-state index is 12.1. The molecule has 0 amide bonds. The van der Waals surface area contributed by atoms with Gasteiger partial charge in [0.2, 0.25) is 17.3 Å². The summed E-state index contributed by atoms with van der Waals surface area (Å²) in [5.41, 5.74) is 3.11. The van der Waals surface area contributed by atoms with Crippen molar-refractivity contribution in [2.24, 2.45) is 0 Å². The number of rotatable bonds is 3. The molecular weight excluding hydrogens is 230 g/mol. The molecule has 2 rings (SSSR count). The second-order valence-corrected chi connectivity index (χ2v) is 5.33. The van der Waals surface area contributed by atoms with E-state index in [1.54, 1.807) is 11.3 Å². The number of hydrogen-bond acceptors (Lipinski definition) is 2. The van der Waals surface area contributed by atoms with Crippen molar-refractivity contribution in [2.45, 2.75) is 27.3 Å². The molecule has 1 heterocycles. The average molecular weight is 246 g/mol. The number of thiazole rings is 1. The van der Waals surface area contributed by atoms with Crippen molar-refractivity contribution in [1.29, 1.82) is 0 Å². The van der Waals surface area contributed by atoms with Gasteiger partial charge in [0.25, 0.3) is 0 Å². The quantitative estimate of drug-likeness (QED) is 0.602. The van der Waals surface area contributed by atoms with Gasteiger partial charge >= 0.3 is 0 Å². The first-order valence-electron chi connectivity index (χ1n) is 5.62. The smallest absolute Gasteiger partial charge is 0.234 e. The van der Waals surface area contributed by atoms with E-state index in [0.29, 0.717) is 6.54 Å². The molecule has 0 saturated carbocycles. The predicted octanol–water partition coefficient (Wildman–Crippen LogP) is 2.84. The molecule has 0 spiro atoms. The van der Waals surface area contributed by atoms with Crippen LogP contribution in [0.1, 0.15) is 26.6 Å². The van der Waals surface area contributed by atoms with E-state index in [2.05, 4.69) is 9.95 Å². The Morgan fingerprint density at radius 2 is 1.82 bits per heavy atom. The van der Waals surface area contributed by atoms with Crippen LogP contribution >= 0.6 is 11.3 Å². The molecule has 2 nitrogen and oxygen atoms in total. The number of nitrogens with zero attached hydrogens (tertiary/aromatic N) is 1. The lowest BCUT2D eigenvalue weighted by Crippen LogP contribution is -2.41. The van der Waals surface area contributed by atoms with E-state index < -0.39 is 0 Å². The van der Waals surface area contributed by atoms with E-state index in [-0.39, 0.29) is 5.78 Å². The van der Waals surface area contributed by atoms with Crippen molar-refractivity contribution in [3.05, 3.63) is 51.5 Å². The van der Waals surface area contributed by atoms with Crippen molar-refractivity contribution >= 4 is 17.1 Å². The standard InChI is InChI=1S/C14H16NOS/c1-10-4-6-13(7-5-10)14(16)8-15-11(2)9-17-12(15)3/h4-7,9H,8H2,1-3H3/q+1. The third kappa shape index (κ3) is 2.61. The van der Waals surface area contributed by atoms with Crippen LogP contribution in [-0.4, -0.2) is 5.78 Å². The van der Waals surface area contributed by atoms with Gasteiger partial charge in [0.05, 0.1) is 5.38 Å². The zero-order chi connectivity index (χ0) is 12.4. The Kier molecular flexibility index (Phi) is 3.38. The Morgan fingerprint density at radius 1 is 1.18 bits per heavy atom. The molecular formula is C14H16NOS+. The van der Waals surface area contributed by atoms with Gasteiger partial charge in [-0.3, -0.25) is 4.79 Å². The minimum Gasteiger partial charge on any atom is -0.287 e. The Morgan fingerprint density at radius 3 is 2.35 bits per heavy atom. The number of ketones is 1. The van der Waals surface area contributed by atoms with Crippen molar-refractivity contribution < 1.29 is 9.36 Å². The summed E-state index contributed by atoms with van der Waals surface area (Å²) >= 11 is 1.68. The molecule has 3 heteroatoms. The lowest BCUT2D eigenvalue weighted by Gasteiger charge is -1.99. The average Bonchev–Trinajstić information content (AvgIpc) is 2.61. The molecule has 1 aromatic carbocycles. The molecule has 0 aliphatic heterocycles.